The zero-order valence-electron chi connectivity index (χ0n) is 12.3. The van der Waals surface area contributed by atoms with Crippen molar-refractivity contribution in [1.82, 2.24) is 10.2 Å². The van der Waals surface area contributed by atoms with E-state index in [2.05, 4.69) is 10.2 Å². The van der Waals surface area contributed by atoms with Gasteiger partial charge in [0.2, 0.25) is 0 Å². The standard InChI is InChI=1S/C17H14N2O4/c1-2-5-12(6-3-1)16-18-19-17(23-16)22-11-13-7-4-8-14-15(13)21-10-9-20-14/h1-8H,9-11H2. The van der Waals surface area contributed by atoms with Crippen molar-refractivity contribution in [3.05, 3.63) is 54.1 Å². The van der Waals surface area contributed by atoms with Crippen LogP contribution in [0.1, 0.15) is 5.56 Å². The molecule has 0 unspecified atom stereocenters. The second-order valence-corrected chi connectivity index (χ2v) is 4.97. The van der Waals surface area contributed by atoms with Crippen molar-refractivity contribution < 1.29 is 18.6 Å². The van der Waals surface area contributed by atoms with Crippen molar-refractivity contribution in [2.75, 3.05) is 13.2 Å². The van der Waals surface area contributed by atoms with E-state index in [4.69, 9.17) is 18.6 Å². The van der Waals surface area contributed by atoms with Crippen LogP contribution < -0.4 is 14.2 Å². The summed E-state index contributed by atoms with van der Waals surface area (Å²) in [4.78, 5) is 0. The molecule has 23 heavy (non-hydrogen) atoms. The van der Waals surface area contributed by atoms with Gasteiger partial charge >= 0.3 is 6.08 Å². The fourth-order valence-electron chi connectivity index (χ4n) is 2.35. The normalized spacial score (nSPS) is 12.9. The van der Waals surface area contributed by atoms with E-state index in [0.29, 0.717) is 24.9 Å². The molecule has 0 N–H and O–H groups in total. The van der Waals surface area contributed by atoms with Gasteiger partial charge in [0.15, 0.2) is 11.5 Å². The number of ether oxygens (including phenoxy) is 3. The largest absolute Gasteiger partial charge is 0.486 e. The maximum absolute atomic E-state index is 5.65. The summed E-state index contributed by atoms with van der Waals surface area (Å²) in [6.45, 7) is 1.35. The van der Waals surface area contributed by atoms with Gasteiger partial charge in [0.25, 0.3) is 5.89 Å². The molecule has 0 aliphatic carbocycles. The van der Waals surface area contributed by atoms with Gasteiger partial charge in [0.1, 0.15) is 19.8 Å². The number of aromatic nitrogens is 2. The molecule has 1 aliphatic rings. The van der Waals surface area contributed by atoms with Gasteiger partial charge in [-0.15, -0.1) is 5.10 Å². The van der Waals surface area contributed by atoms with Crippen LogP contribution in [0, 0.1) is 0 Å². The van der Waals surface area contributed by atoms with Gasteiger partial charge in [-0.1, -0.05) is 35.4 Å². The highest BCUT2D eigenvalue weighted by atomic mass is 16.6. The quantitative estimate of drug-likeness (QED) is 0.737. The number of fused-ring (bicyclic) bond motifs is 1. The molecular weight excluding hydrogens is 296 g/mol. The van der Waals surface area contributed by atoms with Crippen LogP contribution in [0.3, 0.4) is 0 Å². The van der Waals surface area contributed by atoms with Gasteiger partial charge < -0.3 is 18.6 Å². The van der Waals surface area contributed by atoms with Crippen LogP contribution in [-0.4, -0.2) is 23.4 Å². The smallest absolute Gasteiger partial charge is 0.415 e. The summed E-state index contributed by atoms with van der Waals surface area (Å²) in [7, 11) is 0. The Hall–Kier alpha value is -3.02. The molecule has 2 heterocycles. The summed E-state index contributed by atoms with van der Waals surface area (Å²) in [5, 5.41) is 7.90. The first kappa shape index (κ1) is 13.6. The Balaban J connectivity index is 1.49. The molecule has 4 rings (SSSR count). The van der Waals surface area contributed by atoms with Gasteiger partial charge in [0.05, 0.1) is 0 Å². The van der Waals surface area contributed by atoms with Crippen molar-refractivity contribution in [2.24, 2.45) is 0 Å². The molecule has 0 saturated heterocycles. The predicted octanol–water partition coefficient (Wildman–Crippen LogP) is 3.09. The number of benzene rings is 2. The first-order valence-corrected chi connectivity index (χ1v) is 7.29. The fraction of sp³-hybridized carbons (Fsp3) is 0.176. The highest BCUT2D eigenvalue weighted by molar-refractivity contribution is 5.52. The summed E-state index contributed by atoms with van der Waals surface area (Å²) >= 11 is 0. The molecule has 6 nitrogen and oxygen atoms in total. The number of nitrogens with zero attached hydrogens (tertiary/aromatic N) is 2. The molecule has 0 spiro atoms. The van der Waals surface area contributed by atoms with Crippen LogP contribution in [0.4, 0.5) is 0 Å². The second kappa shape index (κ2) is 6.00. The summed E-state index contributed by atoms with van der Waals surface area (Å²) in [5.41, 5.74) is 1.73. The Morgan fingerprint density at radius 1 is 0.913 bits per heavy atom. The van der Waals surface area contributed by atoms with Crippen molar-refractivity contribution >= 4 is 0 Å². The summed E-state index contributed by atoms with van der Waals surface area (Å²) in [6, 6.07) is 15.2. The first-order valence-electron chi connectivity index (χ1n) is 7.29. The average molecular weight is 310 g/mol. The molecule has 0 bridgehead atoms. The van der Waals surface area contributed by atoms with Crippen LogP contribution in [0.15, 0.2) is 52.9 Å². The maximum atomic E-state index is 5.65. The van der Waals surface area contributed by atoms with E-state index in [1.165, 1.54) is 0 Å². The third-order valence-corrected chi connectivity index (χ3v) is 3.43. The van der Waals surface area contributed by atoms with Gasteiger partial charge in [-0.2, -0.15) is 0 Å². The predicted molar refractivity (Wildman–Crippen MR) is 81.5 cm³/mol. The molecule has 0 radical (unpaired) electrons. The minimum atomic E-state index is 0.123. The molecule has 3 aromatic rings. The molecular formula is C17H14N2O4. The van der Waals surface area contributed by atoms with Crippen molar-refractivity contribution in [3.8, 4) is 29.0 Å². The minimum Gasteiger partial charge on any atom is -0.486 e. The highest BCUT2D eigenvalue weighted by Gasteiger charge is 2.17. The van der Waals surface area contributed by atoms with E-state index in [1.54, 1.807) is 0 Å². The lowest BCUT2D eigenvalue weighted by atomic mass is 10.2. The molecule has 0 amide bonds. The van der Waals surface area contributed by atoms with Crippen LogP contribution in [0.2, 0.25) is 0 Å². The second-order valence-electron chi connectivity index (χ2n) is 4.97. The van der Waals surface area contributed by atoms with Crippen LogP contribution in [0.25, 0.3) is 11.5 Å². The zero-order valence-corrected chi connectivity index (χ0v) is 12.3. The van der Waals surface area contributed by atoms with Crippen molar-refractivity contribution in [1.29, 1.82) is 0 Å². The third kappa shape index (κ3) is 2.83. The first-order chi connectivity index (χ1) is 11.4. The SMILES string of the molecule is c1ccc(-c2nnc(OCc3cccc4c3OCCO4)o2)cc1. The fourth-order valence-corrected chi connectivity index (χ4v) is 2.35. The molecule has 6 heteroatoms. The molecule has 0 atom stereocenters. The lowest BCUT2D eigenvalue weighted by molar-refractivity contribution is 0.162. The number of hydrogen-bond acceptors (Lipinski definition) is 6. The Morgan fingerprint density at radius 2 is 1.78 bits per heavy atom. The Morgan fingerprint density at radius 3 is 2.70 bits per heavy atom. The third-order valence-electron chi connectivity index (χ3n) is 3.43. The maximum Gasteiger partial charge on any atom is 0.415 e. The minimum absolute atomic E-state index is 0.123. The highest BCUT2D eigenvalue weighted by Crippen LogP contribution is 2.34. The van der Waals surface area contributed by atoms with E-state index in [0.717, 1.165) is 16.9 Å². The lowest BCUT2D eigenvalue weighted by Crippen LogP contribution is -2.17. The average Bonchev–Trinajstić information content (AvgIpc) is 3.10. The molecule has 116 valence electrons. The van der Waals surface area contributed by atoms with E-state index < -0.39 is 0 Å². The Bertz CT molecular complexity index is 801. The molecule has 2 aromatic carbocycles. The zero-order chi connectivity index (χ0) is 15.5. The lowest BCUT2D eigenvalue weighted by Gasteiger charge is -2.20. The van der Waals surface area contributed by atoms with Gasteiger partial charge in [0, 0.05) is 11.1 Å². The Labute approximate surface area is 132 Å². The van der Waals surface area contributed by atoms with Crippen LogP contribution >= 0.6 is 0 Å². The molecule has 0 fully saturated rings. The van der Waals surface area contributed by atoms with E-state index >= 15 is 0 Å². The van der Waals surface area contributed by atoms with Gasteiger partial charge in [-0.25, -0.2) is 0 Å². The molecule has 0 saturated carbocycles. The topological polar surface area (TPSA) is 66.6 Å². The Kier molecular flexibility index (Phi) is 3.56. The summed E-state index contributed by atoms with van der Waals surface area (Å²) in [6.07, 6.45) is 0.123. The summed E-state index contributed by atoms with van der Waals surface area (Å²) < 4.78 is 22.3. The van der Waals surface area contributed by atoms with Gasteiger partial charge in [-0.3, -0.25) is 0 Å². The van der Waals surface area contributed by atoms with Crippen LogP contribution in [0.5, 0.6) is 17.6 Å². The number of rotatable bonds is 4. The summed E-state index contributed by atoms with van der Waals surface area (Å²) in [5.74, 6) is 1.87. The van der Waals surface area contributed by atoms with E-state index in [1.807, 2.05) is 48.5 Å². The number of hydrogen-bond donors (Lipinski definition) is 0. The van der Waals surface area contributed by atoms with Crippen molar-refractivity contribution in [3.63, 3.8) is 0 Å². The molecule has 1 aliphatic heterocycles. The monoisotopic (exact) mass is 310 g/mol. The molecule has 1 aromatic heterocycles. The van der Waals surface area contributed by atoms with Gasteiger partial charge in [-0.05, 0) is 18.2 Å². The van der Waals surface area contributed by atoms with Crippen molar-refractivity contribution in [2.45, 2.75) is 6.61 Å². The van der Waals surface area contributed by atoms with E-state index in [-0.39, 0.29) is 12.7 Å². The van der Waals surface area contributed by atoms with Crippen LogP contribution in [-0.2, 0) is 6.61 Å². The number of para-hydroxylation sites is 1. The van der Waals surface area contributed by atoms with E-state index in [9.17, 15) is 0 Å².